The van der Waals surface area contributed by atoms with E-state index in [4.69, 9.17) is 0 Å². The number of hydrogen-bond acceptors (Lipinski definition) is 4. The zero-order valence-electron chi connectivity index (χ0n) is 20.7. The second-order valence-electron chi connectivity index (χ2n) is 8.64. The number of rotatable bonds is 8. The number of aromatic nitrogens is 1. The molecular weight excluding hydrogens is 552 g/mol. The summed E-state index contributed by atoms with van der Waals surface area (Å²) in [5, 5.41) is 4.14. The highest BCUT2D eigenvalue weighted by Gasteiger charge is 2.18. The number of carbonyl (C=O) groups excluding carboxylic acids is 1. The first kappa shape index (κ1) is 26.4. The number of amides is 1. The Labute approximate surface area is 225 Å². The van der Waals surface area contributed by atoms with E-state index in [-0.39, 0.29) is 6.54 Å². The predicted molar refractivity (Wildman–Crippen MR) is 152 cm³/mol. The smallest absolute Gasteiger partial charge is 0.271 e. The second-order valence-corrected chi connectivity index (χ2v) is 11.5. The molecule has 0 saturated heterocycles. The van der Waals surface area contributed by atoms with Crippen LogP contribution in [0, 0.1) is 13.8 Å². The maximum absolute atomic E-state index is 12.7. The molecule has 190 valence electrons. The van der Waals surface area contributed by atoms with Crippen LogP contribution in [0.3, 0.4) is 0 Å². The van der Waals surface area contributed by atoms with Crippen LogP contribution in [-0.4, -0.2) is 31.4 Å². The lowest BCUT2D eigenvalue weighted by molar-refractivity contribution is 0.0955. The Morgan fingerprint density at radius 2 is 1.70 bits per heavy atom. The van der Waals surface area contributed by atoms with Crippen molar-refractivity contribution in [2.75, 3.05) is 10.6 Å². The molecule has 0 aliphatic carbocycles. The van der Waals surface area contributed by atoms with Gasteiger partial charge in [-0.2, -0.15) is 5.10 Å². The summed E-state index contributed by atoms with van der Waals surface area (Å²) in [6.45, 7) is 4.22. The van der Waals surface area contributed by atoms with E-state index in [9.17, 15) is 13.2 Å². The topological polar surface area (TPSA) is 83.8 Å². The Morgan fingerprint density at radius 1 is 1.00 bits per heavy atom. The van der Waals surface area contributed by atoms with E-state index in [0.717, 1.165) is 32.7 Å². The van der Waals surface area contributed by atoms with Gasteiger partial charge in [-0.15, -0.1) is 0 Å². The molecule has 9 heteroatoms. The third-order valence-corrected chi connectivity index (χ3v) is 7.53. The van der Waals surface area contributed by atoms with Crippen LogP contribution in [0.15, 0.2) is 94.5 Å². The fourth-order valence-electron chi connectivity index (χ4n) is 4.08. The van der Waals surface area contributed by atoms with Crippen molar-refractivity contribution in [2.24, 2.45) is 5.10 Å². The van der Waals surface area contributed by atoms with E-state index in [1.807, 2.05) is 74.5 Å². The maximum atomic E-state index is 12.7. The van der Waals surface area contributed by atoms with Crippen LogP contribution < -0.4 is 9.73 Å². The molecule has 1 amide bonds. The summed E-state index contributed by atoms with van der Waals surface area (Å²) in [7, 11) is -3.52. The summed E-state index contributed by atoms with van der Waals surface area (Å²) >= 11 is 3.51. The summed E-state index contributed by atoms with van der Waals surface area (Å²) in [5.41, 5.74) is 8.23. The molecule has 1 aromatic heterocycles. The number of aryl methyl sites for hydroxylation is 1. The van der Waals surface area contributed by atoms with E-state index >= 15 is 0 Å². The van der Waals surface area contributed by atoms with Gasteiger partial charge in [0.05, 0.1) is 24.7 Å². The molecule has 0 aliphatic heterocycles. The van der Waals surface area contributed by atoms with Crippen LogP contribution in [0.2, 0.25) is 0 Å². The number of nitrogens with one attached hydrogen (secondary N) is 1. The lowest BCUT2D eigenvalue weighted by Crippen LogP contribution is -2.29. The molecule has 0 saturated carbocycles. The highest BCUT2D eigenvalue weighted by molar-refractivity contribution is 9.10. The normalized spacial score (nSPS) is 11.6. The van der Waals surface area contributed by atoms with Gasteiger partial charge in [-0.3, -0.25) is 9.10 Å². The summed E-state index contributed by atoms with van der Waals surface area (Å²) in [6, 6.07) is 25.8. The van der Waals surface area contributed by atoms with Crippen molar-refractivity contribution in [3.8, 4) is 5.69 Å². The molecule has 0 atom stereocenters. The Balaban J connectivity index is 1.46. The van der Waals surface area contributed by atoms with Gasteiger partial charge in [0.1, 0.15) is 0 Å². The van der Waals surface area contributed by atoms with Crippen molar-refractivity contribution in [1.29, 1.82) is 0 Å². The first-order valence-electron chi connectivity index (χ1n) is 11.5. The standard InChI is InChI=1S/C28H27BrN4O3S/c1-20-16-24(21(2)33(20)27-11-7-10-25(29)17-27)18-30-31-28(34)23-12-14-26(15-13-23)32(37(3,35)36)19-22-8-5-4-6-9-22/h4-18H,19H2,1-3H3,(H,31,34)/b30-18-. The van der Waals surface area contributed by atoms with Gasteiger partial charge in [0.25, 0.3) is 5.91 Å². The first-order chi connectivity index (χ1) is 17.6. The lowest BCUT2D eigenvalue weighted by atomic mass is 10.2. The fourth-order valence-corrected chi connectivity index (χ4v) is 5.36. The van der Waals surface area contributed by atoms with Crippen molar-refractivity contribution in [2.45, 2.75) is 20.4 Å². The van der Waals surface area contributed by atoms with Crippen LogP contribution in [0.5, 0.6) is 0 Å². The van der Waals surface area contributed by atoms with Gasteiger partial charge in [0.2, 0.25) is 10.0 Å². The van der Waals surface area contributed by atoms with Crippen LogP contribution in [0.4, 0.5) is 5.69 Å². The molecule has 37 heavy (non-hydrogen) atoms. The number of anilines is 1. The number of nitrogens with zero attached hydrogens (tertiary/aromatic N) is 3. The minimum Gasteiger partial charge on any atom is -0.318 e. The van der Waals surface area contributed by atoms with Gasteiger partial charge >= 0.3 is 0 Å². The zero-order chi connectivity index (χ0) is 26.6. The van der Waals surface area contributed by atoms with Crippen molar-refractivity contribution in [1.82, 2.24) is 9.99 Å². The number of benzene rings is 3. The van der Waals surface area contributed by atoms with Crippen LogP contribution in [-0.2, 0) is 16.6 Å². The third kappa shape index (κ3) is 6.36. The lowest BCUT2D eigenvalue weighted by Gasteiger charge is -2.22. The summed E-state index contributed by atoms with van der Waals surface area (Å²) in [6.07, 6.45) is 2.78. The molecule has 4 aromatic rings. The Bertz CT molecular complexity index is 1550. The average molecular weight is 580 g/mol. The van der Waals surface area contributed by atoms with E-state index in [0.29, 0.717) is 11.3 Å². The molecule has 0 fully saturated rings. The van der Waals surface area contributed by atoms with Gasteiger partial charge in [-0.25, -0.2) is 13.8 Å². The molecule has 0 spiro atoms. The summed E-state index contributed by atoms with van der Waals surface area (Å²) < 4.78 is 29.3. The summed E-state index contributed by atoms with van der Waals surface area (Å²) in [4.78, 5) is 12.7. The number of halogens is 1. The molecule has 0 bridgehead atoms. The van der Waals surface area contributed by atoms with Gasteiger partial charge in [0.15, 0.2) is 0 Å². The highest BCUT2D eigenvalue weighted by Crippen LogP contribution is 2.23. The highest BCUT2D eigenvalue weighted by atomic mass is 79.9. The van der Waals surface area contributed by atoms with Gasteiger partial charge < -0.3 is 4.57 Å². The Morgan fingerprint density at radius 3 is 2.35 bits per heavy atom. The second kappa shape index (κ2) is 11.1. The quantitative estimate of drug-likeness (QED) is 0.218. The number of hydrogen-bond donors (Lipinski definition) is 1. The van der Waals surface area contributed by atoms with Gasteiger partial charge in [-0.05, 0) is 67.9 Å². The SMILES string of the molecule is Cc1cc(/C=N\NC(=O)c2ccc(N(Cc3ccccc3)S(C)(=O)=O)cc2)c(C)n1-c1cccc(Br)c1. The Kier molecular flexibility index (Phi) is 7.94. The minimum atomic E-state index is -3.52. The number of sulfonamides is 1. The van der Waals surface area contributed by atoms with E-state index in [2.05, 4.69) is 31.0 Å². The van der Waals surface area contributed by atoms with E-state index < -0.39 is 15.9 Å². The molecular formula is C28H27BrN4O3S. The molecule has 0 aliphatic rings. The summed E-state index contributed by atoms with van der Waals surface area (Å²) in [5.74, 6) is -0.391. The van der Waals surface area contributed by atoms with Crippen molar-refractivity contribution in [3.63, 3.8) is 0 Å². The van der Waals surface area contributed by atoms with E-state index in [1.54, 1.807) is 30.5 Å². The number of carbonyl (C=O) groups is 1. The molecule has 0 unspecified atom stereocenters. The predicted octanol–water partition coefficient (Wildman–Crippen LogP) is 5.59. The Hall–Kier alpha value is -3.69. The van der Waals surface area contributed by atoms with Gasteiger partial charge in [0, 0.05) is 32.7 Å². The maximum Gasteiger partial charge on any atom is 0.271 e. The molecule has 1 heterocycles. The minimum absolute atomic E-state index is 0.202. The van der Waals surface area contributed by atoms with Gasteiger partial charge in [-0.1, -0.05) is 52.3 Å². The third-order valence-electron chi connectivity index (χ3n) is 5.89. The molecule has 7 nitrogen and oxygen atoms in total. The fraction of sp³-hybridized carbons (Fsp3) is 0.143. The number of hydrazone groups is 1. The average Bonchev–Trinajstić information content (AvgIpc) is 3.15. The van der Waals surface area contributed by atoms with Crippen molar-refractivity contribution in [3.05, 3.63) is 117 Å². The molecule has 1 N–H and O–H groups in total. The first-order valence-corrected chi connectivity index (χ1v) is 14.2. The van der Waals surface area contributed by atoms with Crippen LogP contribution in [0.25, 0.3) is 5.69 Å². The van der Waals surface area contributed by atoms with E-state index in [1.165, 1.54) is 10.6 Å². The van der Waals surface area contributed by atoms with Crippen molar-refractivity contribution < 1.29 is 13.2 Å². The molecule has 4 rings (SSSR count). The van der Waals surface area contributed by atoms with Crippen LogP contribution in [0.1, 0.15) is 32.9 Å². The zero-order valence-corrected chi connectivity index (χ0v) is 23.1. The largest absolute Gasteiger partial charge is 0.318 e. The monoisotopic (exact) mass is 578 g/mol. The molecule has 3 aromatic carbocycles. The van der Waals surface area contributed by atoms with Crippen molar-refractivity contribution >= 4 is 43.8 Å². The van der Waals surface area contributed by atoms with Crippen LogP contribution >= 0.6 is 15.9 Å². The molecule has 0 radical (unpaired) electrons.